The van der Waals surface area contributed by atoms with E-state index in [-0.39, 0.29) is 5.76 Å². The first-order valence-electron chi connectivity index (χ1n) is 6.16. The van der Waals surface area contributed by atoms with Crippen LogP contribution in [0, 0.1) is 6.92 Å². The van der Waals surface area contributed by atoms with E-state index in [0.717, 1.165) is 0 Å². The van der Waals surface area contributed by atoms with Crippen molar-refractivity contribution in [2.75, 3.05) is 5.32 Å². The Kier molecular flexibility index (Phi) is 4.59. The number of anilines is 1. The molecule has 0 saturated carbocycles. The molecular formula is C14H13ClN2O4. The van der Waals surface area contributed by atoms with Crippen molar-refractivity contribution in [1.29, 1.82) is 0 Å². The van der Waals surface area contributed by atoms with Crippen LogP contribution in [0.25, 0.3) is 0 Å². The van der Waals surface area contributed by atoms with Crippen molar-refractivity contribution in [3.05, 3.63) is 46.8 Å². The first-order valence-corrected chi connectivity index (χ1v) is 6.54. The van der Waals surface area contributed by atoms with Crippen LogP contribution in [0.1, 0.15) is 23.2 Å². The number of amides is 1. The summed E-state index contributed by atoms with van der Waals surface area (Å²) in [5.41, 5.74) is 1.11. The lowest BCUT2D eigenvalue weighted by molar-refractivity contribution is -0.123. The van der Waals surface area contributed by atoms with E-state index in [0.29, 0.717) is 16.4 Å². The zero-order valence-corrected chi connectivity index (χ0v) is 12.2. The summed E-state index contributed by atoms with van der Waals surface area (Å²) < 4.78 is 9.76. The van der Waals surface area contributed by atoms with E-state index < -0.39 is 18.0 Å². The Labute approximate surface area is 126 Å². The Hall–Kier alpha value is -2.34. The molecule has 0 aliphatic rings. The van der Waals surface area contributed by atoms with Crippen LogP contribution in [-0.4, -0.2) is 23.1 Å². The number of hydrogen-bond donors (Lipinski definition) is 1. The summed E-state index contributed by atoms with van der Waals surface area (Å²) in [7, 11) is 0. The van der Waals surface area contributed by atoms with Crippen LogP contribution in [-0.2, 0) is 9.53 Å². The number of carbonyl (C=O) groups is 2. The molecule has 7 heteroatoms. The van der Waals surface area contributed by atoms with Gasteiger partial charge < -0.3 is 14.6 Å². The minimum Gasteiger partial charge on any atom is -0.447 e. The van der Waals surface area contributed by atoms with Gasteiger partial charge in [-0.1, -0.05) is 16.8 Å². The summed E-state index contributed by atoms with van der Waals surface area (Å²) in [4.78, 5) is 23.6. The molecule has 0 bridgehead atoms. The van der Waals surface area contributed by atoms with Gasteiger partial charge in [0.15, 0.2) is 6.10 Å². The van der Waals surface area contributed by atoms with Crippen LogP contribution in [0.5, 0.6) is 0 Å². The molecule has 0 radical (unpaired) electrons. The number of rotatable bonds is 4. The highest BCUT2D eigenvalue weighted by molar-refractivity contribution is 6.30. The van der Waals surface area contributed by atoms with Crippen molar-refractivity contribution in [3.63, 3.8) is 0 Å². The largest absolute Gasteiger partial charge is 0.447 e. The Bertz CT molecular complexity index is 651. The number of benzene rings is 1. The summed E-state index contributed by atoms with van der Waals surface area (Å²) in [6, 6.07) is 8.02. The number of halogens is 1. The van der Waals surface area contributed by atoms with Crippen LogP contribution in [0.15, 0.2) is 34.9 Å². The molecule has 21 heavy (non-hydrogen) atoms. The second kappa shape index (κ2) is 6.41. The standard InChI is InChI=1S/C14H13ClN2O4/c1-8-7-12(21-17-8)14(19)20-9(2)13(18)16-11-5-3-10(15)4-6-11/h3-7,9H,1-2H3,(H,16,18). The first kappa shape index (κ1) is 15.1. The van der Waals surface area contributed by atoms with Crippen LogP contribution >= 0.6 is 11.6 Å². The third-order valence-corrected chi connectivity index (χ3v) is 2.85. The van der Waals surface area contributed by atoms with Gasteiger partial charge in [-0.05, 0) is 38.1 Å². The number of aryl methyl sites for hydroxylation is 1. The lowest BCUT2D eigenvalue weighted by Gasteiger charge is -2.12. The Morgan fingerprint density at radius 1 is 1.33 bits per heavy atom. The number of nitrogens with zero attached hydrogens (tertiary/aromatic N) is 1. The zero-order valence-electron chi connectivity index (χ0n) is 11.4. The van der Waals surface area contributed by atoms with E-state index in [4.69, 9.17) is 20.9 Å². The quantitative estimate of drug-likeness (QED) is 0.878. The van der Waals surface area contributed by atoms with Gasteiger partial charge in [0.1, 0.15) is 0 Å². The molecule has 1 unspecified atom stereocenters. The van der Waals surface area contributed by atoms with Crippen LogP contribution in [0.4, 0.5) is 5.69 Å². The topological polar surface area (TPSA) is 81.4 Å². The predicted molar refractivity (Wildman–Crippen MR) is 76.2 cm³/mol. The van der Waals surface area contributed by atoms with Gasteiger partial charge in [-0.15, -0.1) is 0 Å². The van der Waals surface area contributed by atoms with Gasteiger partial charge >= 0.3 is 5.97 Å². The molecular weight excluding hydrogens is 296 g/mol. The fourth-order valence-corrected chi connectivity index (χ4v) is 1.64. The molecule has 0 aliphatic heterocycles. The van der Waals surface area contributed by atoms with Gasteiger partial charge in [-0.2, -0.15) is 0 Å². The Morgan fingerprint density at radius 3 is 2.57 bits per heavy atom. The molecule has 0 aliphatic carbocycles. The van der Waals surface area contributed by atoms with E-state index in [2.05, 4.69) is 10.5 Å². The number of ether oxygens (including phenoxy) is 1. The van der Waals surface area contributed by atoms with E-state index >= 15 is 0 Å². The number of carbonyl (C=O) groups excluding carboxylic acids is 2. The average molecular weight is 309 g/mol. The fraction of sp³-hybridized carbons (Fsp3) is 0.214. The monoisotopic (exact) mass is 308 g/mol. The third-order valence-electron chi connectivity index (χ3n) is 2.59. The highest BCUT2D eigenvalue weighted by atomic mass is 35.5. The Balaban J connectivity index is 1.93. The Morgan fingerprint density at radius 2 is 2.00 bits per heavy atom. The van der Waals surface area contributed by atoms with Crippen molar-refractivity contribution in [2.24, 2.45) is 0 Å². The molecule has 1 heterocycles. The normalized spacial score (nSPS) is 11.8. The second-order valence-electron chi connectivity index (χ2n) is 4.38. The molecule has 1 atom stereocenters. The lowest BCUT2D eigenvalue weighted by Crippen LogP contribution is -2.29. The van der Waals surface area contributed by atoms with E-state index in [9.17, 15) is 9.59 Å². The van der Waals surface area contributed by atoms with Crippen molar-refractivity contribution >= 4 is 29.2 Å². The minimum atomic E-state index is -0.974. The minimum absolute atomic E-state index is 0.0429. The third kappa shape index (κ3) is 4.06. The van der Waals surface area contributed by atoms with Gasteiger partial charge in [0, 0.05) is 16.8 Å². The summed E-state index contributed by atoms with van der Waals surface area (Å²) in [6.45, 7) is 3.14. The van der Waals surface area contributed by atoms with Gasteiger partial charge in [0.2, 0.25) is 5.76 Å². The van der Waals surface area contributed by atoms with Gasteiger partial charge in [0.25, 0.3) is 5.91 Å². The molecule has 0 spiro atoms. The van der Waals surface area contributed by atoms with Crippen LogP contribution in [0.2, 0.25) is 5.02 Å². The fourth-order valence-electron chi connectivity index (χ4n) is 1.51. The van der Waals surface area contributed by atoms with Crippen molar-refractivity contribution in [1.82, 2.24) is 5.16 Å². The first-order chi connectivity index (χ1) is 9.95. The highest BCUT2D eigenvalue weighted by Gasteiger charge is 2.21. The number of esters is 1. The highest BCUT2D eigenvalue weighted by Crippen LogP contribution is 2.14. The van der Waals surface area contributed by atoms with E-state index in [1.807, 2.05) is 0 Å². The summed E-state index contributed by atoms with van der Waals surface area (Å²) >= 11 is 5.75. The molecule has 0 saturated heterocycles. The second-order valence-corrected chi connectivity index (χ2v) is 4.81. The number of aromatic nitrogens is 1. The van der Waals surface area contributed by atoms with Gasteiger partial charge in [-0.25, -0.2) is 4.79 Å². The molecule has 0 fully saturated rings. The number of nitrogens with one attached hydrogen (secondary N) is 1. The molecule has 1 aromatic heterocycles. The van der Waals surface area contributed by atoms with Gasteiger partial charge in [-0.3, -0.25) is 4.79 Å². The summed E-state index contributed by atoms with van der Waals surface area (Å²) in [5, 5.41) is 6.75. The maximum absolute atomic E-state index is 11.9. The van der Waals surface area contributed by atoms with Crippen molar-refractivity contribution in [2.45, 2.75) is 20.0 Å². The predicted octanol–water partition coefficient (Wildman–Crippen LogP) is 2.82. The summed E-state index contributed by atoms with van der Waals surface area (Å²) in [5.74, 6) is -1.24. The molecule has 1 amide bonds. The maximum atomic E-state index is 11.9. The van der Waals surface area contributed by atoms with Crippen LogP contribution in [0.3, 0.4) is 0 Å². The molecule has 2 rings (SSSR count). The van der Waals surface area contributed by atoms with Crippen LogP contribution < -0.4 is 5.32 Å². The number of hydrogen-bond acceptors (Lipinski definition) is 5. The smallest absolute Gasteiger partial charge is 0.377 e. The van der Waals surface area contributed by atoms with E-state index in [1.54, 1.807) is 31.2 Å². The molecule has 110 valence electrons. The zero-order chi connectivity index (χ0) is 15.4. The van der Waals surface area contributed by atoms with E-state index in [1.165, 1.54) is 13.0 Å². The summed E-state index contributed by atoms with van der Waals surface area (Å²) in [6.07, 6.45) is -0.974. The molecule has 1 N–H and O–H groups in total. The average Bonchev–Trinajstić information content (AvgIpc) is 2.88. The molecule has 1 aromatic carbocycles. The van der Waals surface area contributed by atoms with Crippen molar-refractivity contribution in [3.8, 4) is 0 Å². The van der Waals surface area contributed by atoms with Gasteiger partial charge in [0.05, 0.1) is 5.69 Å². The molecule has 2 aromatic rings. The lowest BCUT2D eigenvalue weighted by atomic mass is 10.3. The maximum Gasteiger partial charge on any atom is 0.377 e. The van der Waals surface area contributed by atoms with Crippen molar-refractivity contribution < 1.29 is 18.8 Å². The SMILES string of the molecule is Cc1cc(C(=O)OC(C)C(=O)Nc2ccc(Cl)cc2)on1. The molecule has 6 nitrogen and oxygen atoms in total.